The standard InChI is InChI=1S/C28H33O2S.C24H25O3S.C24H25OS.C20H17O3S.C20H17O2S/c1-27(2,3)20-9-13-25-23(17-20)30-24-18-21(28(4,5)6)10-14-26(24)31(25)22-11-7-19(8-12-22)15-16-29;1-15-5-7-22-20(11-15)27-21-12-16(2)6-8-23(21)28(22)19-13-17(3)24(18(4)14-19)26-10-9-25;1-24(2,3)18-9-11-19(12-10-18)26-22-7-5-4-6-20(22)21-16-17(14-15-25)8-13-23(21)26;21-13-14-22-15-9-11-16(12-10-15)24-19-7-3-1-5-17(19)23-18-6-2-4-8-20(18)24;21-14-13-15-9-11-16(12-10-15)23-19-7-3-1-5-17(19)22-18-6-2-4-8-20(18)23/h7-14,17-18,29H,15-16H2,1-6H3;5-8,11-14,25H,9-10H2,1-4H3;4-13,16,25H,14-15H2,1-3H3;1-12,21H,13-14H2;1-12,21H,13-14H2/q5*+1. The number of thiophene rings is 1. The zero-order valence-corrected chi connectivity index (χ0v) is 81.5. The van der Waals surface area contributed by atoms with Gasteiger partial charge in [0.05, 0.1) is 13.2 Å². The Bertz CT molecular complexity index is 6520. The first-order valence-corrected chi connectivity index (χ1v) is 51.2. The lowest BCUT2D eigenvalue weighted by molar-refractivity contribution is 0.200. The number of fused-ring (bicyclic) bond motifs is 11. The fourth-order valence-electron chi connectivity index (χ4n) is 16.6. The highest BCUT2D eigenvalue weighted by atomic mass is 32.2. The summed E-state index contributed by atoms with van der Waals surface area (Å²) in [6.07, 6.45) is 2.10. The molecule has 4 aliphatic heterocycles. The van der Waals surface area contributed by atoms with E-state index >= 15 is 0 Å². The molecule has 16 heteroatoms. The topological polar surface area (TPSA) is 157 Å². The molecule has 1 unspecified atom stereocenters. The Morgan fingerprint density at radius 1 is 0.258 bits per heavy atom. The summed E-state index contributed by atoms with van der Waals surface area (Å²) < 4.78 is 39.0. The van der Waals surface area contributed by atoms with E-state index in [0.717, 1.165) is 79.7 Å². The van der Waals surface area contributed by atoms with Gasteiger partial charge in [0.15, 0.2) is 79.9 Å². The maximum absolute atomic E-state index is 9.29. The molecule has 1 aromatic heterocycles. The quantitative estimate of drug-likeness (QED) is 0.0553. The van der Waals surface area contributed by atoms with Crippen LogP contribution in [0.3, 0.4) is 0 Å². The van der Waals surface area contributed by atoms with Gasteiger partial charge in [-0.3, -0.25) is 0 Å². The minimum atomic E-state index is -0.239. The van der Waals surface area contributed by atoms with Gasteiger partial charge in [0.25, 0.3) is 0 Å². The predicted molar refractivity (Wildman–Crippen MR) is 544 cm³/mol. The molecule has 20 rings (SSSR count). The second-order valence-electron chi connectivity index (χ2n) is 36.3. The van der Waals surface area contributed by atoms with Crippen LogP contribution in [0, 0.1) is 27.7 Å². The predicted octanol–water partition coefficient (Wildman–Crippen LogP) is 27.8. The largest absolute Gasteiger partial charge is 0.491 e. The molecule has 0 saturated carbocycles. The third kappa shape index (κ3) is 21.0. The molecule has 0 aliphatic carbocycles. The number of hydrogen-bond acceptors (Lipinski definition) is 11. The molecular weight excluding hydrogens is 1730 g/mol. The third-order valence-electron chi connectivity index (χ3n) is 23.4. The highest BCUT2D eigenvalue weighted by Gasteiger charge is 2.45. The van der Waals surface area contributed by atoms with Crippen molar-refractivity contribution in [2.45, 2.75) is 184 Å². The van der Waals surface area contributed by atoms with Crippen molar-refractivity contribution in [2.24, 2.45) is 0 Å². The van der Waals surface area contributed by atoms with Gasteiger partial charge in [0.1, 0.15) is 68.3 Å². The van der Waals surface area contributed by atoms with Crippen molar-refractivity contribution in [3.05, 3.63) is 377 Å². The van der Waals surface area contributed by atoms with Gasteiger partial charge in [-0.05, 0) is 301 Å². The van der Waals surface area contributed by atoms with Crippen LogP contribution < -0.4 is 28.4 Å². The summed E-state index contributed by atoms with van der Waals surface area (Å²) in [6.45, 7) is 29.7. The zero-order valence-electron chi connectivity index (χ0n) is 77.4. The summed E-state index contributed by atoms with van der Waals surface area (Å²) in [5, 5.41) is 48.3. The molecule has 0 saturated heterocycles. The maximum atomic E-state index is 9.29. The molecule has 0 bridgehead atoms. The Labute approximate surface area is 792 Å². The Balaban J connectivity index is 0.000000121. The number of ether oxygens (including phenoxy) is 6. The Kier molecular flexibility index (Phi) is 29.4. The van der Waals surface area contributed by atoms with Crippen molar-refractivity contribution in [1.82, 2.24) is 0 Å². The number of benzene rings is 15. The first-order chi connectivity index (χ1) is 63.8. The summed E-state index contributed by atoms with van der Waals surface area (Å²) in [6, 6.07) is 114. The van der Waals surface area contributed by atoms with Gasteiger partial charge in [0, 0.05) is 53.2 Å². The molecule has 0 fully saturated rings. The minimum absolute atomic E-state index is 0.0157. The Hall–Kier alpha value is -11.5. The van der Waals surface area contributed by atoms with Crippen LogP contribution in [-0.4, -0.2) is 71.8 Å². The lowest BCUT2D eigenvalue weighted by Gasteiger charge is -2.26. The third-order valence-corrected chi connectivity index (χ3v) is 34.9. The highest BCUT2D eigenvalue weighted by molar-refractivity contribution is 7.98. The molecule has 672 valence electrons. The fraction of sp³-hybridized carbons (Fsp3) is 0.224. The number of aryl methyl sites for hydroxylation is 4. The van der Waals surface area contributed by atoms with E-state index in [2.05, 4.69) is 351 Å². The molecule has 0 radical (unpaired) electrons. The van der Waals surface area contributed by atoms with Crippen LogP contribution >= 0.6 is 10.5 Å². The first-order valence-electron chi connectivity index (χ1n) is 45.1. The molecule has 0 spiro atoms. The summed E-state index contributed by atoms with van der Waals surface area (Å²) in [5.74, 6) is 9.16. The molecular formula is C116H117O11S5+5. The second kappa shape index (κ2) is 41.3. The van der Waals surface area contributed by atoms with Crippen LogP contribution in [0.15, 0.2) is 380 Å². The van der Waals surface area contributed by atoms with E-state index in [4.69, 9.17) is 43.7 Å². The van der Waals surface area contributed by atoms with Gasteiger partial charge in [0.2, 0.25) is 39.2 Å². The van der Waals surface area contributed by atoms with E-state index in [1.54, 1.807) is 0 Å². The van der Waals surface area contributed by atoms with Crippen LogP contribution in [0.1, 0.15) is 118 Å². The molecule has 16 aromatic rings. The van der Waals surface area contributed by atoms with Crippen molar-refractivity contribution in [3.63, 3.8) is 0 Å². The summed E-state index contributed by atoms with van der Waals surface area (Å²) in [4.78, 5) is 16.1. The number of hydrogen-bond donors (Lipinski definition) is 5. The number of rotatable bonds is 17. The van der Waals surface area contributed by atoms with Gasteiger partial charge in [-0.15, -0.1) is 0 Å². The minimum Gasteiger partial charge on any atom is -0.491 e. The Morgan fingerprint density at radius 2 is 0.583 bits per heavy atom. The van der Waals surface area contributed by atoms with Gasteiger partial charge < -0.3 is 54.0 Å². The number of aliphatic hydroxyl groups excluding tert-OH is 5. The number of aliphatic hydroxyl groups is 5. The van der Waals surface area contributed by atoms with Crippen molar-refractivity contribution in [2.75, 3.05) is 46.2 Å². The smallest absolute Gasteiger partial charge is 0.209 e. The van der Waals surface area contributed by atoms with Crippen molar-refractivity contribution >= 4 is 74.2 Å². The summed E-state index contributed by atoms with van der Waals surface area (Å²) in [7, 11) is -0.876. The molecule has 15 aromatic carbocycles. The van der Waals surface area contributed by atoms with Gasteiger partial charge in [-0.25, -0.2) is 0 Å². The van der Waals surface area contributed by atoms with E-state index < -0.39 is 0 Å². The molecule has 11 nitrogen and oxygen atoms in total. The molecule has 132 heavy (non-hydrogen) atoms. The van der Waals surface area contributed by atoms with Gasteiger partial charge >= 0.3 is 0 Å². The van der Waals surface area contributed by atoms with Crippen LogP contribution in [0.2, 0.25) is 0 Å². The fourth-order valence-corrected chi connectivity index (χ4v) is 27.9. The van der Waals surface area contributed by atoms with E-state index in [1.807, 2.05) is 60.7 Å². The summed E-state index contributed by atoms with van der Waals surface area (Å²) >= 11 is 0. The normalized spacial score (nSPS) is 13.2. The van der Waals surface area contributed by atoms with E-state index in [9.17, 15) is 10.2 Å². The van der Waals surface area contributed by atoms with Crippen LogP contribution in [0.25, 0.3) is 25.1 Å². The van der Waals surface area contributed by atoms with Crippen LogP contribution in [-0.2, 0) is 79.1 Å². The molecule has 5 heterocycles. The lowest BCUT2D eigenvalue weighted by atomic mass is 9.87. The van der Waals surface area contributed by atoms with Crippen molar-refractivity contribution in [3.8, 4) is 62.4 Å². The average molecular weight is 1850 g/mol. The molecule has 1 atom stereocenters. The zero-order chi connectivity index (χ0) is 92.5. The van der Waals surface area contributed by atoms with E-state index in [1.165, 1.54) is 117 Å². The number of para-hydroxylation sites is 4. The maximum Gasteiger partial charge on any atom is 0.209 e. The average Bonchev–Trinajstić information content (AvgIpc) is 1.62. The first kappa shape index (κ1) is 93.7. The van der Waals surface area contributed by atoms with E-state index in [-0.39, 0.29) is 103 Å². The van der Waals surface area contributed by atoms with Gasteiger partial charge in [-0.2, -0.15) is 0 Å². The SMILES string of the molecule is CC(C)(C)c1ccc(-[s+]2c3ccccc3c3cc(CCO)ccc32)cc1.CC(C)(C)c1ccc2c(c1)Oc1cc(C(C)(C)C)ccc1[S+]2c1ccc(CCO)cc1.Cc1ccc2c(c1)Oc1cc(C)ccc1[S+]2c1cc(C)c(OCCO)c(C)c1.OCCOc1ccc([S+]2c3ccccc3Oc3ccccc32)cc1.OCCc1ccc([S+]2c3ccccc3Oc3ccccc32)cc1. The van der Waals surface area contributed by atoms with Crippen molar-refractivity contribution in [1.29, 1.82) is 0 Å². The highest BCUT2D eigenvalue weighted by Crippen LogP contribution is 2.55. The van der Waals surface area contributed by atoms with Crippen LogP contribution in [0.5, 0.6) is 57.5 Å². The monoisotopic (exact) mass is 1850 g/mol. The lowest BCUT2D eigenvalue weighted by Crippen LogP contribution is -2.17. The summed E-state index contributed by atoms with van der Waals surface area (Å²) in [5.41, 5.74) is 12.3. The van der Waals surface area contributed by atoms with Gasteiger partial charge in [-0.1, -0.05) is 190 Å². The molecule has 0 amide bonds. The van der Waals surface area contributed by atoms with Crippen LogP contribution in [0.4, 0.5) is 0 Å². The molecule has 5 N–H and O–H groups in total. The Morgan fingerprint density at radius 3 is 1.00 bits per heavy atom. The van der Waals surface area contributed by atoms with Crippen molar-refractivity contribution < 1.29 is 54.0 Å². The molecule has 4 aliphatic rings. The second-order valence-corrected chi connectivity index (χ2v) is 46.1. The van der Waals surface area contributed by atoms with E-state index in [0.29, 0.717) is 32.5 Å².